The molecule has 0 saturated carbocycles. The lowest BCUT2D eigenvalue weighted by atomic mass is 10.0. The first-order valence-electron chi connectivity index (χ1n) is 10.8. The summed E-state index contributed by atoms with van der Waals surface area (Å²) in [5.41, 5.74) is 1.72. The number of hydrogen-bond acceptors (Lipinski definition) is 5. The number of allylic oxidation sites excluding steroid dienone is 1. The molecule has 1 N–H and O–H groups in total. The summed E-state index contributed by atoms with van der Waals surface area (Å²) in [6.45, 7) is 16.2. The van der Waals surface area contributed by atoms with Crippen molar-refractivity contribution in [3.8, 4) is 0 Å². The molecule has 178 valence electrons. The molecule has 1 amide bonds. The summed E-state index contributed by atoms with van der Waals surface area (Å²) in [5.74, 6) is 0. The lowest BCUT2D eigenvalue weighted by Gasteiger charge is -2.28. The van der Waals surface area contributed by atoms with E-state index in [1.807, 2.05) is 59.9 Å². The maximum atomic E-state index is 12.5. The van der Waals surface area contributed by atoms with E-state index in [9.17, 15) is 4.79 Å². The van der Waals surface area contributed by atoms with Crippen LogP contribution in [0.4, 0.5) is 10.5 Å². The minimum Gasteiger partial charge on any atom is -0.444 e. The zero-order chi connectivity index (χ0) is 24.3. The van der Waals surface area contributed by atoms with E-state index in [-0.39, 0.29) is 6.04 Å². The Morgan fingerprint density at radius 3 is 2.56 bits per heavy atom. The molecule has 0 aliphatic heterocycles. The van der Waals surface area contributed by atoms with Gasteiger partial charge in [0.05, 0.1) is 0 Å². The molecule has 32 heavy (non-hydrogen) atoms. The highest BCUT2D eigenvalue weighted by Gasteiger charge is 2.25. The number of amides is 1. The molecule has 0 fully saturated rings. The van der Waals surface area contributed by atoms with Gasteiger partial charge in [-0.25, -0.2) is 4.79 Å². The standard InChI is InChI=1S/C24H38BrN5O2/c1-9-16-30(23(31)32-24(5,6)7)19(4)27-28-29(8)17-15-21(18(3)10-2)26-22-14-12-11-13-20(22)25/h9-14,19,21,26H,1,15-17H2,2-8H3/b18-10+,28-27-. The second-order valence-electron chi connectivity index (χ2n) is 8.64. The first kappa shape index (κ1) is 27.7. The van der Waals surface area contributed by atoms with Crippen molar-refractivity contribution >= 4 is 27.7 Å². The molecule has 0 heterocycles. The van der Waals surface area contributed by atoms with Crippen LogP contribution < -0.4 is 5.32 Å². The molecule has 0 saturated heterocycles. The minimum atomic E-state index is -0.579. The Morgan fingerprint density at radius 1 is 1.34 bits per heavy atom. The Balaban J connectivity index is 2.75. The number of nitrogens with zero attached hydrogens (tertiary/aromatic N) is 4. The van der Waals surface area contributed by atoms with E-state index < -0.39 is 17.9 Å². The van der Waals surface area contributed by atoms with Gasteiger partial charge in [-0.3, -0.25) is 9.91 Å². The van der Waals surface area contributed by atoms with Crippen molar-refractivity contribution < 1.29 is 9.53 Å². The maximum absolute atomic E-state index is 12.5. The Hall–Kier alpha value is -2.35. The van der Waals surface area contributed by atoms with E-state index in [0.717, 1.165) is 16.6 Å². The van der Waals surface area contributed by atoms with Crippen LogP contribution in [0.25, 0.3) is 0 Å². The average molecular weight is 509 g/mol. The maximum Gasteiger partial charge on any atom is 0.412 e. The summed E-state index contributed by atoms with van der Waals surface area (Å²) in [7, 11) is 1.88. The second kappa shape index (κ2) is 13.3. The third-order valence-corrected chi connectivity index (χ3v) is 5.42. The number of carbonyl (C=O) groups excluding carboxylic acids is 1. The molecular formula is C24H38BrN5O2. The van der Waals surface area contributed by atoms with Crippen molar-refractivity contribution in [2.75, 3.05) is 25.5 Å². The number of rotatable bonds is 11. The van der Waals surface area contributed by atoms with Gasteiger partial charge in [0.15, 0.2) is 0 Å². The molecule has 1 aromatic carbocycles. The summed E-state index contributed by atoms with van der Waals surface area (Å²) >= 11 is 3.60. The van der Waals surface area contributed by atoms with Gasteiger partial charge in [0.25, 0.3) is 0 Å². The Labute approximate surface area is 201 Å². The van der Waals surface area contributed by atoms with Gasteiger partial charge in [0.2, 0.25) is 0 Å². The summed E-state index contributed by atoms with van der Waals surface area (Å²) in [6, 6.07) is 8.24. The number of benzene rings is 1. The van der Waals surface area contributed by atoms with E-state index in [2.05, 4.69) is 57.2 Å². The summed E-state index contributed by atoms with van der Waals surface area (Å²) in [5, 5.41) is 14.0. The largest absolute Gasteiger partial charge is 0.444 e. The number of nitrogens with one attached hydrogen (secondary N) is 1. The zero-order valence-electron chi connectivity index (χ0n) is 20.4. The van der Waals surface area contributed by atoms with Crippen molar-refractivity contribution in [3.63, 3.8) is 0 Å². The first-order chi connectivity index (χ1) is 15.0. The molecule has 0 radical (unpaired) electrons. The first-order valence-corrected chi connectivity index (χ1v) is 11.6. The number of anilines is 1. The van der Waals surface area contributed by atoms with Crippen molar-refractivity contribution in [1.29, 1.82) is 0 Å². The molecule has 1 aromatic rings. The Kier molecular flexibility index (Phi) is 11.5. The molecule has 0 aliphatic carbocycles. The van der Waals surface area contributed by atoms with Crippen LogP contribution in [-0.2, 0) is 4.74 Å². The van der Waals surface area contributed by atoms with Gasteiger partial charge in [-0.2, -0.15) is 0 Å². The van der Waals surface area contributed by atoms with Crippen molar-refractivity contribution in [2.45, 2.75) is 65.8 Å². The molecule has 1 rings (SSSR count). The number of carbonyl (C=O) groups is 1. The molecule has 0 spiro atoms. The number of ether oxygens (including phenoxy) is 1. The summed E-state index contributed by atoms with van der Waals surface area (Å²) < 4.78 is 6.50. The van der Waals surface area contributed by atoms with E-state index in [0.29, 0.717) is 13.1 Å². The van der Waals surface area contributed by atoms with Gasteiger partial charge >= 0.3 is 6.09 Å². The van der Waals surface area contributed by atoms with E-state index in [1.165, 1.54) is 10.5 Å². The topological polar surface area (TPSA) is 69.5 Å². The van der Waals surface area contributed by atoms with E-state index in [4.69, 9.17) is 4.74 Å². The molecule has 2 unspecified atom stereocenters. The number of halogens is 1. The molecular weight excluding hydrogens is 470 g/mol. The minimum absolute atomic E-state index is 0.160. The van der Waals surface area contributed by atoms with Crippen molar-refractivity contribution in [3.05, 3.63) is 53.0 Å². The molecule has 0 bridgehead atoms. The average Bonchev–Trinajstić information content (AvgIpc) is 2.72. The highest BCUT2D eigenvalue weighted by atomic mass is 79.9. The van der Waals surface area contributed by atoms with Crippen LogP contribution in [0.5, 0.6) is 0 Å². The zero-order valence-corrected chi connectivity index (χ0v) is 22.0. The van der Waals surface area contributed by atoms with Gasteiger partial charge < -0.3 is 10.1 Å². The second-order valence-corrected chi connectivity index (χ2v) is 9.49. The van der Waals surface area contributed by atoms with Crippen molar-refractivity contribution in [2.24, 2.45) is 10.3 Å². The number of hydrogen-bond donors (Lipinski definition) is 1. The smallest absolute Gasteiger partial charge is 0.412 e. The van der Waals surface area contributed by atoms with Crippen LogP contribution in [0, 0.1) is 0 Å². The molecule has 2 atom stereocenters. The Bertz CT molecular complexity index is 804. The van der Waals surface area contributed by atoms with Crippen LogP contribution >= 0.6 is 15.9 Å². The van der Waals surface area contributed by atoms with Gasteiger partial charge in [0.1, 0.15) is 11.8 Å². The third kappa shape index (κ3) is 9.85. The van der Waals surface area contributed by atoms with E-state index in [1.54, 1.807) is 11.1 Å². The monoisotopic (exact) mass is 507 g/mol. The SMILES string of the molecule is C=CCN(C(=O)OC(C)(C)C)C(C)/N=N\N(C)CCC(Nc1ccccc1Br)/C(C)=C/C. The molecule has 7 nitrogen and oxygen atoms in total. The normalized spacial score (nSPS) is 14.1. The Morgan fingerprint density at radius 2 is 2.00 bits per heavy atom. The molecule has 0 aromatic heterocycles. The highest BCUT2D eigenvalue weighted by Crippen LogP contribution is 2.24. The predicted octanol–water partition coefficient (Wildman–Crippen LogP) is 6.65. The van der Waals surface area contributed by atoms with Gasteiger partial charge in [0, 0.05) is 36.3 Å². The van der Waals surface area contributed by atoms with Gasteiger partial charge in [-0.1, -0.05) is 35.1 Å². The fourth-order valence-corrected chi connectivity index (χ4v) is 3.21. The third-order valence-electron chi connectivity index (χ3n) is 4.73. The molecule has 8 heteroatoms. The fourth-order valence-electron chi connectivity index (χ4n) is 2.81. The van der Waals surface area contributed by atoms with Crippen molar-refractivity contribution in [1.82, 2.24) is 9.91 Å². The van der Waals surface area contributed by atoms with Crippen LogP contribution in [0.2, 0.25) is 0 Å². The highest BCUT2D eigenvalue weighted by molar-refractivity contribution is 9.10. The van der Waals surface area contributed by atoms with Crippen LogP contribution in [-0.4, -0.2) is 53.9 Å². The number of para-hydroxylation sites is 1. The van der Waals surface area contributed by atoms with Crippen LogP contribution in [0.1, 0.15) is 48.0 Å². The van der Waals surface area contributed by atoms with Gasteiger partial charge in [-0.15, -0.1) is 11.7 Å². The summed E-state index contributed by atoms with van der Waals surface area (Å²) in [6.07, 6.45) is 3.69. The van der Waals surface area contributed by atoms with Crippen LogP contribution in [0.15, 0.2) is 63.4 Å². The van der Waals surface area contributed by atoms with E-state index >= 15 is 0 Å². The predicted molar refractivity (Wildman–Crippen MR) is 136 cm³/mol. The fraction of sp³-hybridized carbons (Fsp3) is 0.542. The summed E-state index contributed by atoms with van der Waals surface area (Å²) in [4.78, 5) is 14.0. The quantitative estimate of drug-likeness (QED) is 0.206. The van der Waals surface area contributed by atoms with Gasteiger partial charge in [-0.05, 0) is 76.0 Å². The lowest BCUT2D eigenvalue weighted by molar-refractivity contribution is 0.0198. The van der Waals surface area contributed by atoms with Crippen LogP contribution in [0.3, 0.4) is 0 Å². The lowest BCUT2D eigenvalue weighted by Crippen LogP contribution is -2.41. The molecule has 0 aliphatic rings.